The van der Waals surface area contributed by atoms with E-state index in [0.29, 0.717) is 13.1 Å². The number of allylic oxidation sites excluding steroid dienone is 8. The fourth-order valence-electron chi connectivity index (χ4n) is 4.79. The molecule has 178 valence electrons. The van der Waals surface area contributed by atoms with Crippen LogP contribution in [-0.4, -0.2) is 43.4 Å². The van der Waals surface area contributed by atoms with Crippen molar-refractivity contribution in [2.24, 2.45) is 0 Å². The molecule has 0 aromatic rings. The molecule has 2 aliphatic rings. The molecule has 0 saturated heterocycles. The summed E-state index contributed by atoms with van der Waals surface area (Å²) in [5, 5.41) is 11.8. The summed E-state index contributed by atoms with van der Waals surface area (Å²) in [6, 6.07) is 0. The molecule has 2 aliphatic carbocycles. The van der Waals surface area contributed by atoms with Crippen molar-refractivity contribution in [2.75, 3.05) is 13.1 Å². The zero-order valence-electron chi connectivity index (χ0n) is 20.2. The van der Waals surface area contributed by atoms with Crippen molar-refractivity contribution < 1.29 is 38.5 Å². The minimum atomic E-state index is -4.34. The van der Waals surface area contributed by atoms with E-state index in [4.69, 9.17) is 0 Å². The molecule has 0 bridgehead atoms. The monoisotopic (exact) mass is 532 g/mol. The fraction of sp³-hybridized carbons (Fsp3) is 0.417. The van der Waals surface area contributed by atoms with E-state index in [-0.39, 0.29) is 36.7 Å². The summed E-state index contributed by atoms with van der Waals surface area (Å²) in [7, 11) is 0. The Bertz CT molecular complexity index is 1070. The summed E-state index contributed by atoms with van der Waals surface area (Å²) in [6.45, 7) is 10.1. The van der Waals surface area contributed by atoms with Crippen molar-refractivity contribution in [3.63, 3.8) is 0 Å². The van der Waals surface area contributed by atoms with Gasteiger partial charge in [-0.15, -0.1) is 0 Å². The van der Waals surface area contributed by atoms with Crippen LogP contribution in [0.5, 0.6) is 0 Å². The van der Waals surface area contributed by atoms with Crippen molar-refractivity contribution in [1.29, 1.82) is 0 Å². The van der Waals surface area contributed by atoms with Crippen LogP contribution in [0.4, 0.5) is 0 Å². The minimum absolute atomic E-state index is 0.141. The second-order valence-electron chi connectivity index (χ2n) is 8.72. The standard InChI is InChI=1S/C7H9.2C6H10N2O2.C5H5.Zr/c1-6-3-4-7(2)5-6;2*1-5(9)7-3-4-8-6(2)10;1-2-4-5-3-1;/h3-5H,1-2H3;2*3H2,1-2H3,(H,7,9)(H,8,10);1-3H,4H2;. The zero-order valence-corrected chi connectivity index (χ0v) is 22.7. The van der Waals surface area contributed by atoms with E-state index in [1.165, 1.54) is 27.7 Å². The van der Waals surface area contributed by atoms with Gasteiger partial charge in [0.15, 0.2) is 0 Å². The molecule has 0 heterocycles. The SMILES string of the molecule is CC(=O)NC[C](NC(C)=O)=[Zr]([C]1=CC=CC1)(=[C](CNC(C)=O)NC(C)=O)[C]1(C)C=CC(C)=C1. The molecule has 2 rings (SSSR count). The van der Waals surface area contributed by atoms with Crippen LogP contribution in [0.25, 0.3) is 0 Å². The molecule has 0 saturated carbocycles. The summed E-state index contributed by atoms with van der Waals surface area (Å²) in [5.74, 6) is -0.955. The van der Waals surface area contributed by atoms with Gasteiger partial charge in [-0.25, -0.2) is 0 Å². The number of carbonyl (C=O) groups excluding carboxylic acids is 4. The molecular formula is C24H34N4O4Zr. The maximum absolute atomic E-state index is 12.4. The summed E-state index contributed by atoms with van der Waals surface area (Å²) in [5.41, 5.74) is 1.08. The molecule has 0 aromatic heterocycles. The van der Waals surface area contributed by atoms with Gasteiger partial charge >= 0.3 is 200 Å². The van der Waals surface area contributed by atoms with Crippen LogP contribution in [0.2, 0.25) is 3.12 Å². The van der Waals surface area contributed by atoms with Gasteiger partial charge in [0.05, 0.1) is 0 Å². The van der Waals surface area contributed by atoms with Crippen molar-refractivity contribution in [1.82, 2.24) is 21.3 Å². The number of hydrogen-bond donors (Lipinski definition) is 4. The maximum atomic E-state index is 12.4. The zero-order chi connectivity index (χ0) is 24.8. The Balaban J connectivity index is 3.16. The molecule has 0 fully saturated rings. The van der Waals surface area contributed by atoms with Gasteiger partial charge in [-0.3, -0.25) is 0 Å². The molecule has 4 N–H and O–H groups in total. The quantitative estimate of drug-likeness (QED) is 0.378. The van der Waals surface area contributed by atoms with Gasteiger partial charge in [-0.1, -0.05) is 0 Å². The van der Waals surface area contributed by atoms with Crippen LogP contribution < -0.4 is 21.3 Å². The van der Waals surface area contributed by atoms with E-state index in [2.05, 4.69) is 46.4 Å². The summed E-state index contributed by atoms with van der Waals surface area (Å²) in [6.07, 6.45) is 13.1. The molecule has 1 atom stereocenters. The number of nitrogens with one attached hydrogen (secondary N) is 4. The topological polar surface area (TPSA) is 116 Å². The molecule has 0 aromatic carbocycles. The van der Waals surface area contributed by atoms with E-state index in [1.54, 1.807) is 0 Å². The van der Waals surface area contributed by atoms with Gasteiger partial charge < -0.3 is 0 Å². The Labute approximate surface area is 199 Å². The number of rotatable bonds is 8. The van der Waals surface area contributed by atoms with E-state index < -0.39 is 22.4 Å². The van der Waals surface area contributed by atoms with Gasteiger partial charge in [0.1, 0.15) is 0 Å². The van der Waals surface area contributed by atoms with Crippen molar-refractivity contribution >= 4 is 30.3 Å². The predicted molar refractivity (Wildman–Crippen MR) is 128 cm³/mol. The Kier molecular flexibility index (Phi) is 8.95. The molecule has 4 amide bonds. The predicted octanol–water partition coefficient (Wildman–Crippen LogP) is 1.48. The van der Waals surface area contributed by atoms with Crippen LogP contribution in [0.3, 0.4) is 0 Å². The fourth-order valence-corrected chi connectivity index (χ4v) is 19.8. The average molecular weight is 534 g/mol. The van der Waals surface area contributed by atoms with Crippen molar-refractivity contribution in [2.45, 2.75) is 51.1 Å². The van der Waals surface area contributed by atoms with Crippen molar-refractivity contribution in [3.8, 4) is 0 Å². The third-order valence-electron chi connectivity index (χ3n) is 5.87. The van der Waals surface area contributed by atoms with Gasteiger partial charge in [-0.05, 0) is 0 Å². The third-order valence-corrected chi connectivity index (χ3v) is 19.8. The van der Waals surface area contributed by atoms with Crippen LogP contribution in [0.1, 0.15) is 48.0 Å². The van der Waals surface area contributed by atoms with Gasteiger partial charge in [0.2, 0.25) is 0 Å². The Morgan fingerprint density at radius 1 is 0.909 bits per heavy atom. The second-order valence-corrected chi connectivity index (χ2v) is 19.6. The number of carbonyl (C=O) groups is 4. The molecule has 1 unspecified atom stereocenters. The summed E-state index contributed by atoms with van der Waals surface area (Å²) >= 11 is -4.34. The third kappa shape index (κ3) is 6.08. The molecule has 0 aliphatic heterocycles. The Morgan fingerprint density at radius 3 is 1.76 bits per heavy atom. The Hall–Kier alpha value is -2.54. The van der Waals surface area contributed by atoms with Gasteiger partial charge in [0.25, 0.3) is 0 Å². The average Bonchev–Trinajstić information content (AvgIpc) is 3.34. The van der Waals surface area contributed by atoms with E-state index in [1.807, 2.05) is 25.2 Å². The van der Waals surface area contributed by atoms with E-state index in [0.717, 1.165) is 8.85 Å². The van der Waals surface area contributed by atoms with Gasteiger partial charge in [0, 0.05) is 0 Å². The van der Waals surface area contributed by atoms with Crippen LogP contribution >= 0.6 is 0 Å². The molecule has 0 spiro atoms. The van der Waals surface area contributed by atoms with E-state index in [9.17, 15) is 19.2 Å². The van der Waals surface area contributed by atoms with Gasteiger partial charge in [-0.2, -0.15) is 0 Å². The summed E-state index contributed by atoms with van der Waals surface area (Å²) < 4.78 is 2.05. The second kappa shape index (κ2) is 11.1. The first-order valence-corrected chi connectivity index (χ1v) is 15.9. The van der Waals surface area contributed by atoms with Crippen LogP contribution in [0, 0.1) is 0 Å². The molecule has 0 radical (unpaired) electrons. The first kappa shape index (κ1) is 26.7. The molecular weight excluding hydrogens is 500 g/mol. The van der Waals surface area contributed by atoms with Crippen LogP contribution in [-0.2, 0) is 38.5 Å². The van der Waals surface area contributed by atoms with Crippen LogP contribution in [0.15, 0.2) is 45.3 Å². The number of hydrogen-bond acceptors (Lipinski definition) is 4. The Morgan fingerprint density at radius 2 is 1.42 bits per heavy atom. The molecule has 9 heteroatoms. The van der Waals surface area contributed by atoms with E-state index >= 15 is 0 Å². The van der Waals surface area contributed by atoms with Crippen molar-refractivity contribution in [3.05, 3.63) is 45.3 Å². The first-order chi connectivity index (χ1) is 15.4. The first-order valence-electron chi connectivity index (χ1n) is 10.9. The molecule has 33 heavy (non-hydrogen) atoms. The normalized spacial score (nSPS) is 18.4. The molecule has 8 nitrogen and oxygen atoms in total. The number of amides is 4. The summed E-state index contributed by atoms with van der Waals surface area (Å²) in [4.78, 5) is 48.6.